The molecule has 0 bridgehead atoms. The molecule has 0 aliphatic carbocycles. The Morgan fingerprint density at radius 3 is 2.62 bits per heavy atom. The van der Waals surface area contributed by atoms with Crippen molar-refractivity contribution >= 4 is 10.7 Å². The molecule has 0 saturated heterocycles. The summed E-state index contributed by atoms with van der Waals surface area (Å²) in [5.74, 6) is 0.145. The molecule has 3 rings (SSSR count). The molecule has 0 amide bonds. The van der Waals surface area contributed by atoms with E-state index in [1.807, 2.05) is 0 Å². The predicted molar refractivity (Wildman–Crippen MR) is 88.7 cm³/mol. The molecule has 0 aliphatic heterocycles. The average molecular weight is 346 g/mol. The number of aromatic nitrogens is 3. The van der Waals surface area contributed by atoms with E-state index in [2.05, 4.69) is 9.97 Å². The van der Waals surface area contributed by atoms with Gasteiger partial charge in [0, 0.05) is 23.9 Å². The molecule has 1 aromatic carbocycles. The topological polar surface area (TPSA) is 90.9 Å². The number of nitrogens with two attached hydrogens (primary N) is 1. The minimum absolute atomic E-state index is 0.0504. The first-order valence-electron chi connectivity index (χ1n) is 7.17. The van der Waals surface area contributed by atoms with Crippen molar-refractivity contribution < 1.29 is 12.8 Å². The van der Waals surface area contributed by atoms with Gasteiger partial charge in [-0.05, 0) is 17.7 Å². The Balaban J connectivity index is 1.97. The zero-order valence-electron chi connectivity index (χ0n) is 12.6. The third kappa shape index (κ3) is 3.34. The Hall–Kier alpha value is -2.58. The smallest absolute Gasteiger partial charge is 0.144 e. The van der Waals surface area contributed by atoms with E-state index in [1.165, 1.54) is 12.3 Å². The molecule has 3 aromatic rings. The van der Waals surface area contributed by atoms with Gasteiger partial charge in [-0.15, -0.1) is 0 Å². The lowest BCUT2D eigenvalue weighted by molar-refractivity contribution is 0.611. The molecule has 2 N–H and O–H groups in total. The molecular weight excluding hydrogens is 331 g/mol. The largest absolute Gasteiger partial charge is 0.326 e. The highest BCUT2D eigenvalue weighted by molar-refractivity contribution is 7.71. The standard InChI is InChI=1S/C16H15FN4O2S/c17-14-5-12(2-3-13(14)6-18)15-8-19-10-21(15)16-4-1-11(7-20-16)9-24(22)23/h1-5,7-8,10,24H,6,9,18H2. The molecule has 0 spiro atoms. The van der Waals surface area contributed by atoms with Gasteiger partial charge in [-0.3, -0.25) is 4.57 Å². The molecule has 2 aromatic heterocycles. The first-order valence-corrected chi connectivity index (χ1v) is 8.53. The van der Waals surface area contributed by atoms with Crippen LogP contribution in [0.3, 0.4) is 0 Å². The first-order chi connectivity index (χ1) is 11.6. The minimum Gasteiger partial charge on any atom is -0.326 e. The molecule has 124 valence electrons. The van der Waals surface area contributed by atoms with E-state index in [0.29, 0.717) is 28.2 Å². The summed E-state index contributed by atoms with van der Waals surface area (Å²) in [6.07, 6.45) is 4.68. The van der Waals surface area contributed by atoms with Crippen LogP contribution in [-0.2, 0) is 23.0 Å². The number of hydrogen-bond acceptors (Lipinski definition) is 5. The van der Waals surface area contributed by atoms with E-state index in [1.54, 1.807) is 41.4 Å². The lowest BCUT2D eigenvalue weighted by Gasteiger charge is -2.09. The van der Waals surface area contributed by atoms with Gasteiger partial charge < -0.3 is 5.73 Å². The monoisotopic (exact) mass is 346 g/mol. The number of thiol groups is 1. The van der Waals surface area contributed by atoms with Crippen LogP contribution in [0.5, 0.6) is 0 Å². The number of pyridine rings is 1. The van der Waals surface area contributed by atoms with E-state index in [9.17, 15) is 12.8 Å². The third-order valence-electron chi connectivity index (χ3n) is 3.57. The predicted octanol–water partition coefficient (Wildman–Crippen LogP) is 1.64. The van der Waals surface area contributed by atoms with E-state index >= 15 is 0 Å². The summed E-state index contributed by atoms with van der Waals surface area (Å²) >= 11 is 0. The second-order valence-electron chi connectivity index (χ2n) is 5.17. The van der Waals surface area contributed by atoms with Gasteiger partial charge >= 0.3 is 0 Å². The molecular formula is C16H15FN4O2S. The summed E-state index contributed by atoms with van der Waals surface area (Å²) in [5, 5.41) is 0. The van der Waals surface area contributed by atoms with E-state index in [-0.39, 0.29) is 18.1 Å². The Morgan fingerprint density at radius 1 is 1.17 bits per heavy atom. The summed E-state index contributed by atoms with van der Waals surface area (Å²) in [5.41, 5.74) is 7.85. The molecule has 0 aliphatic rings. The lowest BCUT2D eigenvalue weighted by atomic mass is 10.1. The van der Waals surface area contributed by atoms with Crippen molar-refractivity contribution in [2.45, 2.75) is 12.3 Å². The van der Waals surface area contributed by atoms with Gasteiger partial charge in [0.05, 0.1) is 17.6 Å². The SMILES string of the molecule is NCc1ccc(-c2cncn2-c2ccc(C[SH](=O)=O)cn2)cc1F. The normalized spacial score (nSPS) is 11.1. The maximum Gasteiger partial charge on any atom is 0.144 e. The molecule has 8 heteroatoms. The number of benzene rings is 1. The number of rotatable bonds is 5. The van der Waals surface area contributed by atoms with Gasteiger partial charge in [0.15, 0.2) is 0 Å². The second-order valence-corrected chi connectivity index (χ2v) is 6.16. The maximum atomic E-state index is 14.0. The molecule has 0 unspecified atom stereocenters. The van der Waals surface area contributed by atoms with Crippen LogP contribution in [-0.4, -0.2) is 23.0 Å². The summed E-state index contributed by atoms with van der Waals surface area (Å²) in [6, 6.07) is 8.21. The fourth-order valence-electron chi connectivity index (χ4n) is 2.37. The summed E-state index contributed by atoms with van der Waals surface area (Å²) in [6.45, 7) is 0.135. The van der Waals surface area contributed by atoms with Crippen LogP contribution in [0, 0.1) is 5.82 Å². The van der Waals surface area contributed by atoms with Crippen LogP contribution in [0.2, 0.25) is 0 Å². The zero-order chi connectivity index (χ0) is 17.1. The highest BCUT2D eigenvalue weighted by Gasteiger charge is 2.10. The summed E-state index contributed by atoms with van der Waals surface area (Å²) in [7, 11) is -2.49. The van der Waals surface area contributed by atoms with Gasteiger partial charge in [-0.1, -0.05) is 18.2 Å². The Bertz CT molecular complexity index is 928. The minimum atomic E-state index is -2.49. The highest BCUT2D eigenvalue weighted by Crippen LogP contribution is 2.24. The molecule has 0 fully saturated rings. The molecule has 2 heterocycles. The van der Waals surface area contributed by atoms with Crippen molar-refractivity contribution in [3.63, 3.8) is 0 Å². The molecule has 0 radical (unpaired) electrons. The summed E-state index contributed by atoms with van der Waals surface area (Å²) in [4.78, 5) is 8.36. The molecule has 0 saturated carbocycles. The average Bonchev–Trinajstić information content (AvgIpc) is 3.04. The van der Waals surface area contributed by atoms with Gasteiger partial charge in [-0.2, -0.15) is 0 Å². The van der Waals surface area contributed by atoms with Crippen LogP contribution < -0.4 is 5.73 Å². The van der Waals surface area contributed by atoms with Crippen molar-refractivity contribution in [3.8, 4) is 17.1 Å². The Morgan fingerprint density at radius 2 is 2.00 bits per heavy atom. The molecule has 0 atom stereocenters. The van der Waals surface area contributed by atoms with E-state index in [4.69, 9.17) is 5.73 Å². The van der Waals surface area contributed by atoms with Crippen LogP contribution in [0.1, 0.15) is 11.1 Å². The number of imidazole rings is 1. The lowest BCUT2D eigenvalue weighted by Crippen LogP contribution is -2.02. The molecule has 6 nitrogen and oxygen atoms in total. The van der Waals surface area contributed by atoms with Crippen LogP contribution in [0.15, 0.2) is 49.1 Å². The van der Waals surface area contributed by atoms with Crippen molar-refractivity contribution in [3.05, 3.63) is 66.0 Å². The fraction of sp³-hybridized carbons (Fsp3) is 0.125. The van der Waals surface area contributed by atoms with Crippen molar-refractivity contribution in [2.24, 2.45) is 5.73 Å². The third-order valence-corrected chi connectivity index (χ3v) is 4.20. The van der Waals surface area contributed by atoms with Crippen LogP contribution >= 0.6 is 0 Å². The van der Waals surface area contributed by atoms with Gasteiger partial charge in [0.2, 0.25) is 0 Å². The summed E-state index contributed by atoms with van der Waals surface area (Å²) < 4.78 is 37.2. The second kappa shape index (κ2) is 6.90. The van der Waals surface area contributed by atoms with E-state index in [0.717, 1.165) is 0 Å². The van der Waals surface area contributed by atoms with Crippen molar-refractivity contribution in [1.29, 1.82) is 0 Å². The van der Waals surface area contributed by atoms with Crippen molar-refractivity contribution in [1.82, 2.24) is 14.5 Å². The Kier molecular flexibility index (Phi) is 4.68. The fourth-order valence-corrected chi connectivity index (χ4v) is 2.85. The van der Waals surface area contributed by atoms with E-state index < -0.39 is 10.7 Å². The van der Waals surface area contributed by atoms with Gasteiger partial charge in [-0.25, -0.2) is 22.8 Å². The zero-order valence-corrected chi connectivity index (χ0v) is 13.5. The van der Waals surface area contributed by atoms with Crippen LogP contribution in [0.25, 0.3) is 17.1 Å². The Labute approximate surface area is 139 Å². The highest BCUT2D eigenvalue weighted by atomic mass is 32.2. The first kappa shape index (κ1) is 16.3. The van der Waals surface area contributed by atoms with Gasteiger partial charge in [0.25, 0.3) is 0 Å². The molecule has 24 heavy (non-hydrogen) atoms. The van der Waals surface area contributed by atoms with Gasteiger partial charge in [0.1, 0.15) is 28.7 Å². The number of nitrogens with zero attached hydrogens (tertiary/aromatic N) is 3. The quantitative estimate of drug-likeness (QED) is 0.686. The maximum absolute atomic E-state index is 14.0. The number of halogens is 1. The van der Waals surface area contributed by atoms with Crippen LogP contribution in [0.4, 0.5) is 4.39 Å². The van der Waals surface area contributed by atoms with Crippen molar-refractivity contribution in [2.75, 3.05) is 0 Å². The number of hydrogen-bond donors (Lipinski definition) is 2.